The van der Waals surface area contributed by atoms with Crippen LogP contribution in [-0.2, 0) is 11.2 Å². The fraction of sp³-hybridized carbons (Fsp3) is 0.263. The molecule has 2 aromatic carbocycles. The van der Waals surface area contributed by atoms with Crippen LogP contribution in [0, 0.1) is 0 Å². The Morgan fingerprint density at radius 2 is 1.64 bits per heavy atom. The lowest BCUT2D eigenvalue weighted by Gasteiger charge is -2.25. The number of halogens is 3. The number of alkyl halides is 3. The molecule has 1 amide bonds. The minimum atomic E-state index is -4.52. The number of benzene rings is 2. The summed E-state index contributed by atoms with van der Waals surface area (Å²) in [6.07, 6.45) is -5.81. The van der Waals surface area contributed by atoms with Crippen molar-refractivity contribution in [1.82, 2.24) is 16.2 Å². The summed E-state index contributed by atoms with van der Waals surface area (Å²) in [4.78, 5) is 23.7. The second kappa shape index (κ2) is 7.99. The maximum atomic E-state index is 13.4. The normalized spacial score (nSPS) is 22.0. The standard InChI is InChI=1S/C19H18F3N3O3/c20-19(21,22)16-15(11-6-2-1-3-7-11)17(25-24-16)23-14(26)10-12-8-4-5-9-13(12)18(27)28/h1-9,15-17,24-25H,10H2,(H,23,26)(H,27,28). The summed E-state index contributed by atoms with van der Waals surface area (Å²) >= 11 is 0. The van der Waals surface area contributed by atoms with Crippen molar-refractivity contribution in [1.29, 1.82) is 0 Å². The molecule has 1 saturated heterocycles. The topological polar surface area (TPSA) is 90.5 Å². The molecule has 3 atom stereocenters. The van der Waals surface area contributed by atoms with Crippen LogP contribution in [0.15, 0.2) is 54.6 Å². The minimum Gasteiger partial charge on any atom is -0.478 e. The molecule has 0 bridgehead atoms. The number of nitrogens with one attached hydrogen (secondary N) is 3. The van der Waals surface area contributed by atoms with Crippen molar-refractivity contribution in [3.05, 3.63) is 71.3 Å². The van der Waals surface area contributed by atoms with Gasteiger partial charge in [-0.05, 0) is 17.2 Å². The average Bonchev–Trinajstić information content (AvgIpc) is 3.06. The van der Waals surface area contributed by atoms with E-state index in [2.05, 4.69) is 16.2 Å². The van der Waals surface area contributed by atoms with Gasteiger partial charge in [0.15, 0.2) is 0 Å². The lowest BCUT2D eigenvalue weighted by molar-refractivity contribution is -0.156. The van der Waals surface area contributed by atoms with E-state index in [9.17, 15) is 27.9 Å². The molecule has 1 aliphatic rings. The van der Waals surface area contributed by atoms with E-state index < -0.39 is 36.2 Å². The molecule has 6 nitrogen and oxygen atoms in total. The van der Waals surface area contributed by atoms with Crippen LogP contribution >= 0.6 is 0 Å². The van der Waals surface area contributed by atoms with Crippen molar-refractivity contribution in [2.45, 2.75) is 30.7 Å². The van der Waals surface area contributed by atoms with Gasteiger partial charge in [0.1, 0.15) is 12.2 Å². The van der Waals surface area contributed by atoms with Crippen molar-refractivity contribution >= 4 is 11.9 Å². The van der Waals surface area contributed by atoms with Crippen LogP contribution in [0.3, 0.4) is 0 Å². The number of hydrogen-bond acceptors (Lipinski definition) is 4. The Hall–Kier alpha value is -2.91. The fourth-order valence-electron chi connectivity index (χ4n) is 3.30. The van der Waals surface area contributed by atoms with Gasteiger partial charge in [-0.3, -0.25) is 4.79 Å². The van der Waals surface area contributed by atoms with E-state index >= 15 is 0 Å². The van der Waals surface area contributed by atoms with Crippen LogP contribution in [0.25, 0.3) is 0 Å². The number of hydrogen-bond donors (Lipinski definition) is 4. The molecule has 1 aliphatic heterocycles. The number of amides is 1. The van der Waals surface area contributed by atoms with Crippen LogP contribution in [0.5, 0.6) is 0 Å². The first-order valence-electron chi connectivity index (χ1n) is 8.50. The Morgan fingerprint density at radius 1 is 1.00 bits per heavy atom. The van der Waals surface area contributed by atoms with E-state index in [-0.39, 0.29) is 17.5 Å². The highest BCUT2D eigenvalue weighted by molar-refractivity contribution is 5.91. The summed E-state index contributed by atoms with van der Waals surface area (Å²) < 4.78 is 40.2. The van der Waals surface area contributed by atoms with Crippen LogP contribution in [0.1, 0.15) is 27.4 Å². The first kappa shape index (κ1) is 19.8. The Kier molecular flexibility index (Phi) is 5.66. The number of rotatable bonds is 5. The van der Waals surface area contributed by atoms with Crippen molar-refractivity contribution in [3.63, 3.8) is 0 Å². The largest absolute Gasteiger partial charge is 0.478 e. The third-order valence-corrected chi connectivity index (χ3v) is 4.56. The van der Waals surface area contributed by atoms with E-state index in [4.69, 9.17) is 0 Å². The predicted octanol–water partition coefficient (Wildman–Crippen LogP) is 2.19. The van der Waals surface area contributed by atoms with Gasteiger partial charge in [-0.2, -0.15) is 13.2 Å². The third kappa shape index (κ3) is 4.32. The quantitative estimate of drug-likeness (QED) is 0.625. The van der Waals surface area contributed by atoms with E-state index in [1.807, 2.05) is 0 Å². The monoisotopic (exact) mass is 393 g/mol. The van der Waals surface area contributed by atoms with Crippen LogP contribution in [0.4, 0.5) is 13.2 Å². The van der Waals surface area contributed by atoms with Gasteiger partial charge >= 0.3 is 12.1 Å². The van der Waals surface area contributed by atoms with Crippen LogP contribution < -0.4 is 16.2 Å². The van der Waals surface area contributed by atoms with Crippen molar-refractivity contribution < 1.29 is 27.9 Å². The van der Waals surface area contributed by atoms with Crippen molar-refractivity contribution in [3.8, 4) is 0 Å². The van der Waals surface area contributed by atoms with Gasteiger partial charge in [0, 0.05) is 5.92 Å². The number of carbonyl (C=O) groups is 2. The van der Waals surface area contributed by atoms with E-state index in [1.165, 1.54) is 18.2 Å². The highest BCUT2D eigenvalue weighted by atomic mass is 19.4. The van der Waals surface area contributed by atoms with Crippen molar-refractivity contribution in [2.24, 2.45) is 0 Å². The van der Waals surface area contributed by atoms with Gasteiger partial charge in [0.05, 0.1) is 12.0 Å². The molecule has 4 N–H and O–H groups in total. The Balaban J connectivity index is 1.79. The van der Waals surface area contributed by atoms with Gasteiger partial charge in [0.2, 0.25) is 5.91 Å². The number of carboxylic acid groups (broad SMARTS) is 1. The smallest absolute Gasteiger partial charge is 0.405 e. The molecule has 28 heavy (non-hydrogen) atoms. The number of hydrazine groups is 1. The Morgan fingerprint density at radius 3 is 2.29 bits per heavy atom. The Bertz CT molecular complexity index is 858. The number of carboxylic acids is 1. The maximum absolute atomic E-state index is 13.4. The maximum Gasteiger partial charge on any atom is 0.405 e. The molecule has 0 aliphatic carbocycles. The summed E-state index contributed by atoms with van der Waals surface area (Å²) in [5, 5.41) is 11.7. The van der Waals surface area contributed by atoms with Gasteiger partial charge in [-0.15, -0.1) is 0 Å². The molecule has 9 heteroatoms. The summed E-state index contributed by atoms with van der Waals surface area (Å²) in [6, 6.07) is 12.2. The van der Waals surface area contributed by atoms with Gasteiger partial charge < -0.3 is 10.4 Å². The highest BCUT2D eigenvalue weighted by Gasteiger charge is 2.52. The molecule has 0 saturated carbocycles. The molecular formula is C19H18F3N3O3. The minimum absolute atomic E-state index is 0.0251. The van der Waals surface area contributed by atoms with E-state index in [1.54, 1.807) is 36.4 Å². The van der Waals surface area contributed by atoms with Crippen LogP contribution in [0.2, 0.25) is 0 Å². The lowest BCUT2D eigenvalue weighted by Crippen LogP contribution is -2.46. The summed E-state index contributed by atoms with van der Waals surface area (Å²) in [6.45, 7) is 0. The molecular weight excluding hydrogens is 375 g/mol. The second-order valence-electron chi connectivity index (χ2n) is 6.43. The lowest BCUT2D eigenvalue weighted by atomic mass is 9.90. The summed E-state index contributed by atoms with van der Waals surface area (Å²) in [7, 11) is 0. The number of carbonyl (C=O) groups excluding carboxylic acids is 1. The zero-order valence-corrected chi connectivity index (χ0v) is 14.5. The van der Waals surface area contributed by atoms with Gasteiger partial charge in [0.25, 0.3) is 0 Å². The number of aromatic carboxylic acids is 1. The molecule has 1 heterocycles. The molecule has 0 spiro atoms. The molecule has 2 aromatic rings. The molecule has 3 unspecified atom stereocenters. The first-order valence-corrected chi connectivity index (χ1v) is 8.50. The summed E-state index contributed by atoms with van der Waals surface area (Å²) in [5.41, 5.74) is 5.38. The second-order valence-corrected chi connectivity index (χ2v) is 6.43. The average molecular weight is 393 g/mol. The van der Waals surface area contributed by atoms with E-state index in [0.29, 0.717) is 5.56 Å². The SMILES string of the molecule is O=C(Cc1ccccc1C(=O)O)NC1NNC(C(F)(F)F)C1c1ccccc1. The highest BCUT2D eigenvalue weighted by Crippen LogP contribution is 2.36. The molecule has 3 rings (SSSR count). The van der Waals surface area contributed by atoms with Gasteiger partial charge in [-0.25, -0.2) is 15.6 Å². The molecule has 0 radical (unpaired) electrons. The zero-order valence-electron chi connectivity index (χ0n) is 14.5. The predicted molar refractivity (Wildman–Crippen MR) is 94.3 cm³/mol. The van der Waals surface area contributed by atoms with Crippen LogP contribution in [-0.4, -0.2) is 35.4 Å². The molecule has 0 aromatic heterocycles. The first-order chi connectivity index (χ1) is 13.3. The third-order valence-electron chi connectivity index (χ3n) is 4.56. The van der Waals surface area contributed by atoms with Crippen molar-refractivity contribution in [2.75, 3.05) is 0 Å². The fourth-order valence-corrected chi connectivity index (χ4v) is 3.30. The molecule has 148 valence electrons. The Labute approximate surface area is 158 Å². The molecule has 1 fully saturated rings. The van der Waals surface area contributed by atoms with Gasteiger partial charge in [-0.1, -0.05) is 48.5 Å². The zero-order chi connectivity index (χ0) is 20.3. The van der Waals surface area contributed by atoms with E-state index in [0.717, 1.165) is 0 Å². The summed E-state index contributed by atoms with van der Waals surface area (Å²) in [5.74, 6) is -2.85.